The zero-order valence-electron chi connectivity index (χ0n) is 25.2. The van der Waals surface area contributed by atoms with Crippen LogP contribution >= 0.6 is 0 Å². The van der Waals surface area contributed by atoms with E-state index in [9.17, 15) is 13.6 Å². The fourth-order valence-corrected chi connectivity index (χ4v) is 7.11. The summed E-state index contributed by atoms with van der Waals surface area (Å²) in [4.78, 5) is 23.2. The Hall–Kier alpha value is -2.42. The molecule has 2 N–H and O–H groups in total. The summed E-state index contributed by atoms with van der Waals surface area (Å²) >= 11 is 0. The number of alkyl halides is 2. The molecule has 5 rings (SSSR count). The second kappa shape index (κ2) is 14.8. The van der Waals surface area contributed by atoms with Crippen molar-refractivity contribution < 1.29 is 13.6 Å². The van der Waals surface area contributed by atoms with Crippen molar-refractivity contribution in [1.29, 1.82) is 0 Å². The van der Waals surface area contributed by atoms with Gasteiger partial charge in [-0.1, -0.05) is 56.2 Å². The third-order valence-corrected chi connectivity index (χ3v) is 9.50. The standard InChI is InChI=1S/C34H49F2N5O/c1-2-3-7-21-41(31-14-8-12-27-13-9-19-38-32(27)31)24-29-23-40(22-20-37-29)25-30(26-10-5-4-6-11-26)39-33(42)28-15-17-34(35,36)18-16-28/h4-6,9-11,13,19,28-31,37H,2-3,7-8,12,14-18,20-25H2,1H3,(H,39,42)/t29-,30+,31-/m0/s1. The first-order chi connectivity index (χ1) is 20.4. The molecule has 0 bridgehead atoms. The molecule has 1 aromatic heterocycles. The molecule has 6 nitrogen and oxygen atoms in total. The van der Waals surface area contributed by atoms with Crippen molar-refractivity contribution in [2.75, 3.05) is 39.3 Å². The quantitative estimate of drug-likeness (QED) is 0.306. The molecule has 0 radical (unpaired) electrons. The third-order valence-electron chi connectivity index (χ3n) is 9.50. The summed E-state index contributed by atoms with van der Waals surface area (Å²) in [6.45, 7) is 7.74. The number of carbonyl (C=O) groups excluding carboxylic acids is 1. The highest BCUT2D eigenvalue weighted by Crippen LogP contribution is 2.37. The number of piperazine rings is 1. The van der Waals surface area contributed by atoms with Crippen LogP contribution in [0.25, 0.3) is 0 Å². The number of hydrogen-bond acceptors (Lipinski definition) is 5. The van der Waals surface area contributed by atoms with E-state index in [1.54, 1.807) is 0 Å². The molecule has 1 amide bonds. The molecule has 2 heterocycles. The number of nitrogens with one attached hydrogen (secondary N) is 2. The van der Waals surface area contributed by atoms with Crippen LogP contribution in [0, 0.1) is 5.92 Å². The zero-order chi connectivity index (χ0) is 29.4. The predicted molar refractivity (Wildman–Crippen MR) is 163 cm³/mol. The van der Waals surface area contributed by atoms with E-state index in [-0.39, 0.29) is 43.6 Å². The minimum atomic E-state index is -2.63. The van der Waals surface area contributed by atoms with Gasteiger partial charge >= 0.3 is 0 Å². The number of hydrogen-bond donors (Lipinski definition) is 2. The van der Waals surface area contributed by atoms with Gasteiger partial charge in [0.15, 0.2) is 0 Å². The summed E-state index contributed by atoms with van der Waals surface area (Å²) in [6, 6.07) is 14.9. The molecule has 8 heteroatoms. The number of pyridine rings is 1. The van der Waals surface area contributed by atoms with Gasteiger partial charge in [-0.05, 0) is 62.3 Å². The molecular formula is C34H49F2N5O. The van der Waals surface area contributed by atoms with Gasteiger partial charge in [-0.25, -0.2) is 8.78 Å². The van der Waals surface area contributed by atoms with E-state index in [0.29, 0.717) is 18.6 Å². The first-order valence-corrected chi connectivity index (χ1v) is 16.3. The number of nitrogens with zero attached hydrogens (tertiary/aromatic N) is 3. The summed E-state index contributed by atoms with van der Waals surface area (Å²) < 4.78 is 27.5. The molecule has 1 saturated heterocycles. The van der Waals surface area contributed by atoms with Crippen molar-refractivity contribution in [3.05, 3.63) is 65.5 Å². The number of aromatic nitrogens is 1. The normalized spacial score (nSPS) is 23.8. The molecule has 2 aliphatic carbocycles. The van der Waals surface area contributed by atoms with Crippen LogP contribution in [0.3, 0.4) is 0 Å². The average molecular weight is 582 g/mol. The Kier molecular flexibility index (Phi) is 11.0. The van der Waals surface area contributed by atoms with Crippen LogP contribution in [0.4, 0.5) is 8.78 Å². The van der Waals surface area contributed by atoms with Gasteiger partial charge in [0.2, 0.25) is 11.8 Å². The zero-order valence-corrected chi connectivity index (χ0v) is 25.2. The van der Waals surface area contributed by atoms with E-state index < -0.39 is 5.92 Å². The number of rotatable bonds is 12. The molecular weight excluding hydrogens is 532 g/mol. The lowest BCUT2D eigenvalue weighted by Crippen LogP contribution is -2.56. The third kappa shape index (κ3) is 8.35. The maximum Gasteiger partial charge on any atom is 0.248 e. The summed E-state index contributed by atoms with van der Waals surface area (Å²) in [5.74, 6) is -3.06. The number of unbranched alkanes of at least 4 members (excludes halogenated alkanes) is 2. The van der Waals surface area contributed by atoms with E-state index in [4.69, 9.17) is 4.98 Å². The van der Waals surface area contributed by atoms with Gasteiger partial charge in [0.25, 0.3) is 0 Å². The number of carbonyl (C=O) groups is 1. The lowest BCUT2D eigenvalue weighted by Gasteiger charge is -2.41. The van der Waals surface area contributed by atoms with Crippen molar-refractivity contribution in [3.8, 4) is 0 Å². The van der Waals surface area contributed by atoms with Crippen LogP contribution < -0.4 is 10.6 Å². The molecule has 0 unspecified atom stereocenters. The smallest absolute Gasteiger partial charge is 0.248 e. The van der Waals surface area contributed by atoms with Gasteiger partial charge in [-0.15, -0.1) is 0 Å². The molecule has 1 aromatic carbocycles. The average Bonchev–Trinajstić information content (AvgIpc) is 3.00. The van der Waals surface area contributed by atoms with Gasteiger partial charge < -0.3 is 10.6 Å². The summed E-state index contributed by atoms with van der Waals surface area (Å²) in [7, 11) is 0. The van der Waals surface area contributed by atoms with E-state index in [2.05, 4.69) is 51.6 Å². The van der Waals surface area contributed by atoms with Crippen LogP contribution in [0.2, 0.25) is 0 Å². The number of amides is 1. The number of aryl methyl sites for hydroxylation is 1. The van der Waals surface area contributed by atoms with Crippen molar-refractivity contribution in [3.63, 3.8) is 0 Å². The summed E-state index contributed by atoms with van der Waals surface area (Å²) in [6.07, 6.45) is 9.17. The fraction of sp³-hybridized carbons (Fsp3) is 0.647. The predicted octanol–water partition coefficient (Wildman–Crippen LogP) is 5.91. The Labute approximate surface area is 250 Å². The van der Waals surface area contributed by atoms with Crippen LogP contribution in [-0.4, -0.2) is 71.9 Å². The van der Waals surface area contributed by atoms with Gasteiger partial charge in [-0.3, -0.25) is 19.6 Å². The monoisotopic (exact) mass is 581 g/mol. The van der Waals surface area contributed by atoms with Gasteiger partial charge in [-0.2, -0.15) is 0 Å². The van der Waals surface area contributed by atoms with Crippen LogP contribution in [0.15, 0.2) is 48.7 Å². The van der Waals surface area contributed by atoms with Crippen molar-refractivity contribution >= 4 is 5.91 Å². The van der Waals surface area contributed by atoms with Crippen LogP contribution in [0.5, 0.6) is 0 Å². The number of halogens is 2. The van der Waals surface area contributed by atoms with E-state index >= 15 is 0 Å². The van der Waals surface area contributed by atoms with Crippen LogP contribution in [0.1, 0.15) is 93.6 Å². The first-order valence-electron chi connectivity index (χ1n) is 16.3. The first kappa shape index (κ1) is 31.0. The van der Waals surface area contributed by atoms with E-state index in [0.717, 1.165) is 51.1 Å². The fourth-order valence-electron chi connectivity index (χ4n) is 7.11. The Balaban J connectivity index is 1.24. The molecule has 230 valence electrons. The maximum absolute atomic E-state index is 13.7. The van der Waals surface area contributed by atoms with Gasteiger partial charge in [0.05, 0.1) is 17.8 Å². The topological polar surface area (TPSA) is 60.5 Å². The SMILES string of the molecule is CCCCCN(C[C@@H]1CN(C[C@@H](NC(=O)C2CCC(F)(F)CC2)c2ccccc2)CCN1)[C@H]1CCCc2cccnc21. The molecule has 42 heavy (non-hydrogen) atoms. The number of benzene rings is 1. The Morgan fingerprint density at radius 3 is 2.74 bits per heavy atom. The second-order valence-corrected chi connectivity index (χ2v) is 12.7. The van der Waals surface area contributed by atoms with Crippen molar-refractivity contribution in [2.45, 2.75) is 95.2 Å². The van der Waals surface area contributed by atoms with Crippen molar-refractivity contribution in [2.24, 2.45) is 5.92 Å². The van der Waals surface area contributed by atoms with Gasteiger partial charge in [0.1, 0.15) is 0 Å². The highest BCUT2D eigenvalue weighted by Gasteiger charge is 2.38. The highest BCUT2D eigenvalue weighted by atomic mass is 19.3. The maximum atomic E-state index is 13.7. The Bertz CT molecular complexity index is 1120. The molecule has 1 aliphatic heterocycles. The molecule has 2 fully saturated rings. The summed E-state index contributed by atoms with van der Waals surface area (Å²) in [5.41, 5.74) is 3.73. The van der Waals surface area contributed by atoms with Crippen molar-refractivity contribution in [1.82, 2.24) is 25.4 Å². The second-order valence-electron chi connectivity index (χ2n) is 12.7. The minimum absolute atomic E-state index is 0.0865. The molecule has 0 spiro atoms. The summed E-state index contributed by atoms with van der Waals surface area (Å²) in [5, 5.41) is 7.05. The minimum Gasteiger partial charge on any atom is -0.348 e. The molecule has 1 saturated carbocycles. The molecule has 2 aromatic rings. The Morgan fingerprint density at radius 2 is 1.95 bits per heavy atom. The van der Waals surface area contributed by atoms with E-state index in [1.807, 2.05) is 24.4 Å². The van der Waals surface area contributed by atoms with Gasteiger partial charge in [0, 0.05) is 63.7 Å². The Morgan fingerprint density at radius 1 is 1.14 bits per heavy atom. The number of fused-ring (bicyclic) bond motifs is 1. The van der Waals surface area contributed by atoms with E-state index in [1.165, 1.54) is 36.9 Å². The highest BCUT2D eigenvalue weighted by molar-refractivity contribution is 5.79. The lowest BCUT2D eigenvalue weighted by molar-refractivity contribution is -0.130. The van der Waals surface area contributed by atoms with Crippen LogP contribution in [-0.2, 0) is 11.2 Å². The largest absolute Gasteiger partial charge is 0.348 e. The molecule has 3 aliphatic rings. The molecule has 3 atom stereocenters. The lowest BCUT2D eigenvalue weighted by atomic mass is 9.86.